The van der Waals surface area contributed by atoms with E-state index in [0.717, 1.165) is 10.0 Å². The van der Waals surface area contributed by atoms with Crippen molar-refractivity contribution in [3.8, 4) is 0 Å². The van der Waals surface area contributed by atoms with Gasteiger partial charge < -0.3 is 10.1 Å². The number of benzene rings is 2. The predicted octanol–water partition coefficient (Wildman–Crippen LogP) is 3.48. The van der Waals surface area contributed by atoms with E-state index in [1.165, 1.54) is 0 Å². The van der Waals surface area contributed by atoms with Crippen LogP contribution in [0.15, 0.2) is 59.1 Å². The van der Waals surface area contributed by atoms with Gasteiger partial charge in [0.1, 0.15) is 0 Å². The summed E-state index contributed by atoms with van der Waals surface area (Å²) in [6.45, 7) is 1.58. The van der Waals surface area contributed by atoms with Gasteiger partial charge in [0, 0.05) is 4.47 Å². The van der Waals surface area contributed by atoms with Crippen LogP contribution in [0.5, 0.6) is 0 Å². The van der Waals surface area contributed by atoms with Crippen molar-refractivity contribution in [1.29, 1.82) is 0 Å². The number of amides is 1. The molecule has 0 saturated heterocycles. The first kappa shape index (κ1) is 16.2. The first-order valence-corrected chi connectivity index (χ1v) is 7.62. The molecule has 1 atom stereocenters. The lowest BCUT2D eigenvalue weighted by Gasteiger charge is -2.14. The van der Waals surface area contributed by atoms with E-state index in [-0.39, 0.29) is 18.6 Å². The molecule has 0 aliphatic carbocycles. The zero-order valence-corrected chi connectivity index (χ0v) is 13.7. The Labute approximate surface area is 137 Å². The van der Waals surface area contributed by atoms with Gasteiger partial charge in [-0.15, -0.1) is 0 Å². The molecule has 1 amide bonds. The van der Waals surface area contributed by atoms with Crippen LogP contribution < -0.4 is 5.32 Å². The quantitative estimate of drug-likeness (QED) is 0.829. The van der Waals surface area contributed by atoms with Gasteiger partial charge in [-0.05, 0) is 30.7 Å². The number of rotatable bonds is 5. The molecule has 0 aliphatic heterocycles. The molecule has 5 heteroatoms. The van der Waals surface area contributed by atoms with E-state index in [1.54, 1.807) is 18.2 Å². The molecule has 0 unspecified atom stereocenters. The molecule has 2 aromatic rings. The Kier molecular flexibility index (Phi) is 5.72. The van der Waals surface area contributed by atoms with Crippen LogP contribution in [0.1, 0.15) is 28.9 Å². The van der Waals surface area contributed by atoms with E-state index in [4.69, 9.17) is 4.74 Å². The van der Waals surface area contributed by atoms with E-state index in [9.17, 15) is 9.59 Å². The van der Waals surface area contributed by atoms with Crippen molar-refractivity contribution in [3.63, 3.8) is 0 Å². The summed E-state index contributed by atoms with van der Waals surface area (Å²) in [7, 11) is 0. The van der Waals surface area contributed by atoms with Gasteiger partial charge in [0.25, 0.3) is 5.91 Å². The van der Waals surface area contributed by atoms with E-state index in [1.807, 2.05) is 43.3 Å². The molecule has 0 heterocycles. The van der Waals surface area contributed by atoms with Crippen molar-refractivity contribution < 1.29 is 14.3 Å². The second-order valence-corrected chi connectivity index (χ2v) is 5.70. The first-order chi connectivity index (χ1) is 10.6. The lowest BCUT2D eigenvalue weighted by molar-refractivity contribution is -0.124. The van der Waals surface area contributed by atoms with Crippen LogP contribution >= 0.6 is 15.9 Å². The number of ether oxygens (including phenoxy) is 1. The van der Waals surface area contributed by atoms with Crippen LogP contribution in [-0.2, 0) is 9.53 Å². The second-order valence-electron chi connectivity index (χ2n) is 4.79. The third-order valence-electron chi connectivity index (χ3n) is 3.07. The average molecular weight is 362 g/mol. The first-order valence-electron chi connectivity index (χ1n) is 6.83. The van der Waals surface area contributed by atoms with Crippen LogP contribution in [0, 0.1) is 0 Å². The van der Waals surface area contributed by atoms with E-state index < -0.39 is 5.97 Å². The Morgan fingerprint density at radius 1 is 1.14 bits per heavy atom. The highest BCUT2D eigenvalue weighted by molar-refractivity contribution is 9.10. The van der Waals surface area contributed by atoms with Gasteiger partial charge in [0.05, 0.1) is 11.6 Å². The number of hydrogen-bond acceptors (Lipinski definition) is 3. The second kappa shape index (κ2) is 7.75. The van der Waals surface area contributed by atoms with Crippen molar-refractivity contribution >= 4 is 27.8 Å². The highest BCUT2D eigenvalue weighted by atomic mass is 79.9. The Balaban J connectivity index is 1.84. The molecule has 0 aliphatic rings. The average Bonchev–Trinajstić information content (AvgIpc) is 2.53. The molecule has 0 aromatic heterocycles. The molecular weight excluding hydrogens is 346 g/mol. The zero-order chi connectivity index (χ0) is 15.9. The number of halogens is 1. The summed E-state index contributed by atoms with van der Waals surface area (Å²) < 4.78 is 5.79. The van der Waals surface area contributed by atoms with Crippen molar-refractivity contribution in [3.05, 3.63) is 70.2 Å². The monoisotopic (exact) mass is 361 g/mol. The Morgan fingerprint density at radius 3 is 2.55 bits per heavy atom. The van der Waals surface area contributed by atoms with Gasteiger partial charge in [0.15, 0.2) is 6.61 Å². The van der Waals surface area contributed by atoms with Crippen LogP contribution in [0.2, 0.25) is 0 Å². The molecule has 0 radical (unpaired) electrons. The van der Waals surface area contributed by atoms with Gasteiger partial charge in [-0.2, -0.15) is 0 Å². The molecule has 0 bridgehead atoms. The van der Waals surface area contributed by atoms with Gasteiger partial charge in [-0.3, -0.25) is 4.79 Å². The Morgan fingerprint density at radius 2 is 1.86 bits per heavy atom. The van der Waals surface area contributed by atoms with Crippen LogP contribution in [0.3, 0.4) is 0 Å². The van der Waals surface area contributed by atoms with Crippen LogP contribution in [0.25, 0.3) is 0 Å². The van der Waals surface area contributed by atoms with Gasteiger partial charge in [-0.1, -0.05) is 52.3 Å². The lowest BCUT2D eigenvalue weighted by Crippen LogP contribution is -2.31. The minimum atomic E-state index is -0.524. The number of nitrogens with one attached hydrogen (secondary N) is 1. The molecule has 114 valence electrons. The van der Waals surface area contributed by atoms with Crippen molar-refractivity contribution in [2.24, 2.45) is 0 Å². The molecule has 0 saturated carbocycles. The maximum absolute atomic E-state index is 11.8. The Hall–Kier alpha value is -2.14. The molecule has 0 spiro atoms. The molecule has 2 rings (SSSR count). The fourth-order valence-corrected chi connectivity index (χ4v) is 2.34. The maximum Gasteiger partial charge on any atom is 0.338 e. The number of carbonyl (C=O) groups excluding carboxylic acids is 2. The fraction of sp³-hybridized carbons (Fsp3) is 0.176. The minimum absolute atomic E-state index is 0.140. The minimum Gasteiger partial charge on any atom is -0.452 e. The lowest BCUT2D eigenvalue weighted by atomic mass is 10.1. The van der Waals surface area contributed by atoms with Crippen molar-refractivity contribution in [2.45, 2.75) is 13.0 Å². The molecule has 2 aromatic carbocycles. The summed E-state index contributed by atoms with van der Waals surface area (Å²) in [5, 5.41) is 2.79. The molecule has 1 N–H and O–H groups in total. The predicted molar refractivity (Wildman–Crippen MR) is 87.4 cm³/mol. The van der Waals surface area contributed by atoms with Gasteiger partial charge >= 0.3 is 5.97 Å². The van der Waals surface area contributed by atoms with Crippen LogP contribution in [-0.4, -0.2) is 18.5 Å². The smallest absolute Gasteiger partial charge is 0.338 e. The summed E-state index contributed by atoms with van der Waals surface area (Å²) >= 11 is 3.28. The third-order valence-corrected chi connectivity index (χ3v) is 3.56. The number of carbonyl (C=O) groups is 2. The highest BCUT2D eigenvalue weighted by Gasteiger charge is 2.13. The SMILES string of the molecule is C[C@H](NC(=O)COC(=O)c1cccc(Br)c1)c1ccccc1. The summed E-state index contributed by atoms with van der Waals surface area (Å²) in [4.78, 5) is 23.7. The molecule has 4 nitrogen and oxygen atoms in total. The number of esters is 1. The number of hydrogen-bond donors (Lipinski definition) is 1. The van der Waals surface area contributed by atoms with E-state index in [2.05, 4.69) is 21.2 Å². The normalized spacial score (nSPS) is 11.5. The van der Waals surface area contributed by atoms with E-state index >= 15 is 0 Å². The largest absolute Gasteiger partial charge is 0.452 e. The molecule has 0 fully saturated rings. The summed E-state index contributed by atoms with van der Waals surface area (Å²) in [5.74, 6) is -0.858. The molecule has 22 heavy (non-hydrogen) atoms. The molecular formula is C17H16BrNO3. The van der Waals surface area contributed by atoms with Gasteiger partial charge in [0.2, 0.25) is 0 Å². The maximum atomic E-state index is 11.8. The van der Waals surface area contributed by atoms with Crippen molar-refractivity contribution in [2.75, 3.05) is 6.61 Å². The summed E-state index contributed by atoms with van der Waals surface area (Å²) in [5.41, 5.74) is 1.40. The van der Waals surface area contributed by atoms with Crippen molar-refractivity contribution in [1.82, 2.24) is 5.32 Å². The topological polar surface area (TPSA) is 55.4 Å². The zero-order valence-electron chi connectivity index (χ0n) is 12.1. The fourth-order valence-electron chi connectivity index (χ4n) is 1.94. The van der Waals surface area contributed by atoms with Gasteiger partial charge in [-0.25, -0.2) is 4.79 Å². The Bertz CT molecular complexity index is 658. The summed E-state index contributed by atoms with van der Waals surface area (Å²) in [6.07, 6.45) is 0. The highest BCUT2D eigenvalue weighted by Crippen LogP contribution is 2.13. The third kappa shape index (κ3) is 4.70. The summed E-state index contributed by atoms with van der Waals surface area (Å²) in [6, 6.07) is 16.3. The van der Waals surface area contributed by atoms with Crippen LogP contribution in [0.4, 0.5) is 0 Å². The standard InChI is InChI=1S/C17H16BrNO3/c1-12(13-6-3-2-4-7-13)19-16(20)11-22-17(21)14-8-5-9-15(18)10-14/h2-10,12H,11H2,1H3,(H,19,20)/t12-/m0/s1. The van der Waals surface area contributed by atoms with E-state index in [0.29, 0.717) is 5.56 Å².